The predicted molar refractivity (Wildman–Crippen MR) is 50.0 cm³/mol. The first-order valence-corrected chi connectivity index (χ1v) is 5.27. The van der Waals surface area contributed by atoms with Gasteiger partial charge in [-0.25, -0.2) is 4.68 Å². The molecule has 2 fully saturated rings. The smallest absolute Gasteiger partial charge is 0.168 e. The van der Waals surface area contributed by atoms with E-state index in [0.29, 0.717) is 5.92 Å². The van der Waals surface area contributed by atoms with Crippen LogP contribution in [0.1, 0.15) is 31.1 Å². The average Bonchev–Trinajstić information content (AvgIpc) is 2.57. The summed E-state index contributed by atoms with van der Waals surface area (Å²) in [6.07, 6.45) is 4.10. The number of rotatable bonds is 2. The zero-order valence-corrected chi connectivity index (χ0v) is 8.30. The Hall–Kier alpha value is -0.970. The summed E-state index contributed by atoms with van der Waals surface area (Å²) in [6.45, 7) is 0. The van der Waals surface area contributed by atoms with Gasteiger partial charge in [0.05, 0.1) is 6.04 Å². The molecule has 0 amide bonds. The van der Waals surface area contributed by atoms with Crippen LogP contribution in [0.5, 0.6) is 0 Å². The molecular formula is C9H15N5. The Bertz CT molecular complexity index is 337. The van der Waals surface area contributed by atoms with E-state index in [9.17, 15) is 0 Å². The molecule has 2 aliphatic rings. The highest BCUT2D eigenvalue weighted by molar-refractivity contribution is 5.10. The van der Waals surface area contributed by atoms with Gasteiger partial charge < -0.3 is 5.73 Å². The summed E-state index contributed by atoms with van der Waals surface area (Å²) in [5.74, 6) is 3.21. The third-order valence-corrected chi connectivity index (χ3v) is 3.84. The maximum atomic E-state index is 6.17. The molecule has 3 rings (SSSR count). The summed E-state index contributed by atoms with van der Waals surface area (Å²) >= 11 is 0. The van der Waals surface area contributed by atoms with Gasteiger partial charge in [0.2, 0.25) is 0 Å². The van der Waals surface area contributed by atoms with Crippen molar-refractivity contribution in [3.63, 3.8) is 0 Å². The highest BCUT2D eigenvalue weighted by Gasteiger charge is 2.56. The normalized spacial score (nSPS) is 36.9. The number of hydrogen-bond donors (Lipinski definition) is 1. The molecule has 2 saturated carbocycles. The van der Waals surface area contributed by atoms with Crippen LogP contribution in [0.15, 0.2) is 0 Å². The minimum absolute atomic E-state index is 0.0466. The average molecular weight is 193 g/mol. The summed E-state index contributed by atoms with van der Waals surface area (Å²) in [4.78, 5) is 0. The molecule has 3 atom stereocenters. The van der Waals surface area contributed by atoms with Crippen LogP contribution in [0.25, 0.3) is 0 Å². The fraction of sp³-hybridized carbons (Fsp3) is 0.889. The maximum Gasteiger partial charge on any atom is 0.168 e. The van der Waals surface area contributed by atoms with Gasteiger partial charge in [0.15, 0.2) is 5.82 Å². The number of tetrazole rings is 1. The first kappa shape index (κ1) is 8.35. The molecule has 1 heterocycles. The van der Waals surface area contributed by atoms with Gasteiger partial charge in [-0.1, -0.05) is 6.42 Å². The van der Waals surface area contributed by atoms with E-state index < -0.39 is 0 Å². The molecule has 0 aliphatic heterocycles. The predicted octanol–water partition coefficient (Wildman–Crippen LogP) is 0.256. The zero-order valence-electron chi connectivity index (χ0n) is 8.30. The zero-order chi connectivity index (χ0) is 9.71. The van der Waals surface area contributed by atoms with Crippen LogP contribution in [-0.4, -0.2) is 20.2 Å². The third-order valence-electron chi connectivity index (χ3n) is 3.84. The Balaban J connectivity index is 1.78. The van der Waals surface area contributed by atoms with Crippen LogP contribution in [0.4, 0.5) is 0 Å². The van der Waals surface area contributed by atoms with Crippen LogP contribution in [0.2, 0.25) is 0 Å². The first-order chi connectivity index (χ1) is 6.79. The van der Waals surface area contributed by atoms with Crippen molar-refractivity contribution in [1.29, 1.82) is 0 Å². The molecular weight excluding hydrogens is 178 g/mol. The van der Waals surface area contributed by atoms with Gasteiger partial charge in [-0.3, -0.25) is 0 Å². The van der Waals surface area contributed by atoms with E-state index in [1.165, 1.54) is 19.3 Å². The summed E-state index contributed by atoms with van der Waals surface area (Å²) in [5, 5.41) is 11.4. The number of fused-ring (bicyclic) bond motifs is 1. The Morgan fingerprint density at radius 2 is 2.14 bits per heavy atom. The summed E-state index contributed by atoms with van der Waals surface area (Å²) in [7, 11) is 1.85. The van der Waals surface area contributed by atoms with Gasteiger partial charge >= 0.3 is 0 Å². The Morgan fingerprint density at radius 1 is 1.43 bits per heavy atom. The van der Waals surface area contributed by atoms with Crippen molar-refractivity contribution in [2.24, 2.45) is 30.5 Å². The van der Waals surface area contributed by atoms with E-state index >= 15 is 0 Å². The molecule has 0 bridgehead atoms. The van der Waals surface area contributed by atoms with E-state index in [-0.39, 0.29) is 6.04 Å². The topological polar surface area (TPSA) is 69.6 Å². The molecule has 2 N–H and O–H groups in total. The molecule has 1 aromatic heterocycles. The molecule has 5 heteroatoms. The molecule has 76 valence electrons. The van der Waals surface area contributed by atoms with Crippen molar-refractivity contribution in [1.82, 2.24) is 20.2 Å². The van der Waals surface area contributed by atoms with Gasteiger partial charge in [-0.05, 0) is 41.0 Å². The summed E-state index contributed by atoms with van der Waals surface area (Å²) in [5.41, 5.74) is 6.17. The van der Waals surface area contributed by atoms with Crippen molar-refractivity contribution in [3.8, 4) is 0 Å². The minimum Gasteiger partial charge on any atom is -0.321 e. The van der Waals surface area contributed by atoms with E-state index in [2.05, 4.69) is 15.5 Å². The molecule has 0 radical (unpaired) electrons. The second-order valence-electron chi connectivity index (χ2n) is 4.52. The highest BCUT2D eigenvalue weighted by Crippen LogP contribution is 2.61. The van der Waals surface area contributed by atoms with Crippen LogP contribution in [0, 0.1) is 17.8 Å². The van der Waals surface area contributed by atoms with Crippen molar-refractivity contribution in [2.45, 2.75) is 25.3 Å². The Kier molecular flexibility index (Phi) is 1.65. The largest absolute Gasteiger partial charge is 0.321 e. The number of aromatic nitrogens is 4. The fourth-order valence-electron chi connectivity index (χ4n) is 3.10. The highest BCUT2D eigenvalue weighted by atomic mass is 15.5. The van der Waals surface area contributed by atoms with Crippen molar-refractivity contribution >= 4 is 0 Å². The molecule has 1 aromatic rings. The second-order valence-corrected chi connectivity index (χ2v) is 4.52. The van der Waals surface area contributed by atoms with E-state index in [4.69, 9.17) is 5.73 Å². The van der Waals surface area contributed by atoms with Gasteiger partial charge in [0.1, 0.15) is 0 Å². The lowest BCUT2D eigenvalue weighted by Gasteiger charge is -2.11. The number of aryl methyl sites for hydroxylation is 1. The van der Waals surface area contributed by atoms with E-state index in [1.54, 1.807) is 4.68 Å². The van der Waals surface area contributed by atoms with Gasteiger partial charge in [-0.2, -0.15) is 0 Å². The quantitative estimate of drug-likeness (QED) is 0.731. The number of hydrogen-bond acceptors (Lipinski definition) is 4. The lowest BCUT2D eigenvalue weighted by molar-refractivity contribution is 0.467. The lowest BCUT2D eigenvalue weighted by Crippen LogP contribution is -2.20. The van der Waals surface area contributed by atoms with Gasteiger partial charge in [0, 0.05) is 7.05 Å². The van der Waals surface area contributed by atoms with Gasteiger partial charge in [0.25, 0.3) is 0 Å². The number of nitrogens with two attached hydrogens (primary N) is 1. The Labute approximate surface area is 82.7 Å². The van der Waals surface area contributed by atoms with E-state index in [1.807, 2.05) is 7.05 Å². The number of nitrogens with zero attached hydrogens (tertiary/aromatic N) is 4. The van der Waals surface area contributed by atoms with Gasteiger partial charge in [-0.15, -0.1) is 5.10 Å². The first-order valence-electron chi connectivity index (χ1n) is 5.27. The van der Waals surface area contributed by atoms with Crippen molar-refractivity contribution in [3.05, 3.63) is 5.82 Å². The maximum absolute atomic E-state index is 6.17. The van der Waals surface area contributed by atoms with Crippen LogP contribution in [-0.2, 0) is 7.05 Å². The minimum atomic E-state index is 0.0466. The van der Waals surface area contributed by atoms with Crippen molar-refractivity contribution in [2.75, 3.05) is 0 Å². The van der Waals surface area contributed by atoms with Crippen molar-refractivity contribution < 1.29 is 0 Å². The molecule has 0 spiro atoms. The Morgan fingerprint density at radius 3 is 2.71 bits per heavy atom. The molecule has 0 aromatic carbocycles. The SMILES string of the molecule is Cn1nnnc1C(N)C1C2CCCC21. The van der Waals surface area contributed by atoms with Crippen LogP contribution >= 0.6 is 0 Å². The van der Waals surface area contributed by atoms with Crippen LogP contribution in [0.3, 0.4) is 0 Å². The fourth-order valence-corrected chi connectivity index (χ4v) is 3.10. The molecule has 2 aliphatic carbocycles. The standard InChI is InChI=1S/C9H15N5/c1-14-9(11-12-13-14)8(10)7-5-3-2-4-6(5)7/h5-8H,2-4,10H2,1H3. The summed E-state index contributed by atoms with van der Waals surface area (Å²) < 4.78 is 1.69. The van der Waals surface area contributed by atoms with E-state index in [0.717, 1.165) is 17.7 Å². The molecule has 0 saturated heterocycles. The van der Waals surface area contributed by atoms with Crippen LogP contribution < -0.4 is 5.73 Å². The molecule has 3 unspecified atom stereocenters. The molecule has 5 nitrogen and oxygen atoms in total. The third kappa shape index (κ3) is 1.02. The monoisotopic (exact) mass is 193 g/mol. The lowest BCUT2D eigenvalue weighted by atomic mass is 10.0. The summed E-state index contributed by atoms with van der Waals surface area (Å²) in [6, 6.07) is 0.0466. The second kappa shape index (κ2) is 2.76. The molecule has 14 heavy (non-hydrogen) atoms.